The molecular formula is C17H28N2O. The number of rotatable bonds is 2. The molecule has 3 heteroatoms. The smallest absolute Gasteiger partial charge is 0.223 e. The Morgan fingerprint density at radius 1 is 0.850 bits per heavy atom. The minimum absolute atomic E-state index is 0.272. The zero-order valence-corrected chi connectivity index (χ0v) is 12.4. The van der Waals surface area contributed by atoms with E-state index in [9.17, 15) is 4.79 Å². The number of carbonyl (C=O) groups is 1. The fraction of sp³-hybridized carbons (Fsp3) is 0.941. The maximum Gasteiger partial charge on any atom is 0.223 e. The minimum Gasteiger partial charge on any atom is -0.353 e. The summed E-state index contributed by atoms with van der Waals surface area (Å²) in [5, 5.41) is 6.81. The fourth-order valence-electron chi connectivity index (χ4n) is 5.62. The maximum absolute atomic E-state index is 12.5. The third-order valence-corrected chi connectivity index (χ3v) is 6.64. The molecule has 4 fully saturated rings. The molecule has 0 aromatic carbocycles. The van der Waals surface area contributed by atoms with Gasteiger partial charge in [-0.2, -0.15) is 0 Å². The van der Waals surface area contributed by atoms with Gasteiger partial charge in [-0.1, -0.05) is 0 Å². The van der Waals surface area contributed by atoms with Crippen molar-refractivity contribution in [3.05, 3.63) is 0 Å². The second kappa shape index (κ2) is 5.32. The molecule has 5 unspecified atom stereocenters. The Labute approximate surface area is 122 Å². The van der Waals surface area contributed by atoms with Gasteiger partial charge in [0.05, 0.1) is 0 Å². The van der Waals surface area contributed by atoms with Crippen molar-refractivity contribution in [2.75, 3.05) is 13.1 Å². The lowest BCUT2D eigenvalue weighted by atomic mass is 9.77. The van der Waals surface area contributed by atoms with E-state index in [2.05, 4.69) is 10.6 Å². The molecule has 3 saturated carbocycles. The van der Waals surface area contributed by atoms with Crippen LogP contribution in [0.2, 0.25) is 0 Å². The van der Waals surface area contributed by atoms with Crippen LogP contribution in [0.25, 0.3) is 0 Å². The van der Waals surface area contributed by atoms with E-state index in [-0.39, 0.29) is 5.92 Å². The van der Waals surface area contributed by atoms with Crippen LogP contribution in [0.3, 0.4) is 0 Å². The van der Waals surface area contributed by atoms with Gasteiger partial charge >= 0.3 is 0 Å². The molecule has 0 radical (unpaired) electrons. The quantitative estimate of drug-likeness (QED) is 0.812. The van der Waals surface area contributed by atoms with Gasteiger partial charge in [0.25, 0.3) is 0 Å². The van der Waals surface area contributed by atoms with E-state index >= 15 is 0 Å². The molecule has 3 bridgehead atoms. The summed E-state index contributed by atoms with van der Waals surface area (Å²) in [4.78, 5) is 12.5. The minimum atomic E-state index is 0.272. The van der Waals surface area contributed by atoms with Gasteiger partial charge in [-0.15, -0.1) is 0 Å². The number of fused-ring (bicyclic) bond motifs is 2. The molecule has 2 N–H and O–H groups in total. The lowest BCUT2D eigenvalue weighted by Crippen LogP contribution is -2.46. The Morgan fingerprint density at radius 3 is 2.45 bits per heavy atom. The highest BCUT2D eigenvalue weighted by Gasteiger charge is 2.45. The first kappa shape index (κ1) is 13.1. The summed E-state index contributed by atoms with van der Waals surface area (Å²) < 4.78 is 0. The van der Waals surface area contributed by atoms with E-state index < -0.39 is 0 Å². The topological polar surface area (TPSA) is 41.1 Å². The number of piperidine rings is 1. The van der Waals surface area contributed by atoms with E-state index in [1.54, 1.807) is 0 Å². The largest absolute Gasteiger partial charge is 0.353 e. The summed E-state index contributed by atoms with van der Waals surface area (Å²) in [7, 11) is 0. The second-order valence-corrected chi connectivity index (χ2v) is 7.81. The van der Waals surface area contributed by atoms with Crippen molar-refractivity contribution in [2.45, 2.75) is 57.4 Å². The molecule has 0 aromatic heterocycles. The Balaban J connectivity index is 1.40. The summed E-state index contributed by atoms with van der Waals surface area (Å²) in [5.41, 5.74) is 0. The van der Waals surface area contributed by atoms with Crippen LogP contribution in [0.15, 0.2) is 0 Å². The van der Waals surface area contributed by atoms with Crippen molar-refractivity contribution in [1.29, 1.82) is 0 Å². The fourth-order valence-corrected chi connectivity index (χ4v) is 5.62. The Kier molecular flexibility index (Phi) is 3.49. The first-order chi connectivity index (χ1) is 9.79. The van der Waals surface area contributed by atoms with Crippen LogP contribution in [-0.2, 0) is 4.79 Å². The van der Waals surface area contributed by atoms with E-state index in [1.165, 1.54) is 38.5 Å². The van der Waals surface area contributed by atoms with Crippen LogP contribution in [0.4, 0.5) is 0 Å². The van der Waals surface area contributed by atoms with E-state index in [4.69, 9.17) is 0 Å². The molecule has 4 rings (SSSR count). The molecule has 3 nitrogen and oxygen atoms in total. The Hall–Kier alpha value is -0.570. The molecule has 1 heterocycles. The van der Waals surface area contributed by atoms with Gasteiger partial charge in [0.2, 0.25) is 5.91 Å². The van der Waals surface area contributed by atoms with Crippen molar-refractivity contribution in [2.24, 2.45) is 29.6 Å². The average Bonchev–Trinajstić information content (AvgIpc) is 2.71. The molecular weight excluding hydrogens is 248 g/mol. The molecule has 0 aromatic rings. The number of amides is 1. The van der Waals surface area contributed by atoms with E-state index in [0.717, 1.165) is 49.6 Å². The molecule has 1 aliphatic heterocycles. The van der Waals surface area contributed by atoms with Crippen LogP contribution in [0.5, 0.6) is 0 Å². The molecule has 1 amide bonds. The summed E-state index contributed by atoms with van der Waals surface area (Å²) in [6, 6.07) is 0.494. The lowest BCUT2D eigenvalue weighted by Gasteiger charge is -2.34. The zero-order chi connectivity index (χ0) is 13.5. The lowest BCUT2D eigenvalue weighted by molar-refractivity contribution is -0.127. The van der Waals surface area contributed by atoms with Crippen LogP contribution in [-0.4, -0.2) is 25.0 Å². The SMILES string of the molecule is O=C(NC1CCC2CC3CC2CC1C3)C1CCNCC1. The molecule has 20 heavy (non-hydrogen) atoms. The highest BCUT2D eigenvalue weighted by Crippen LogP contribution is 2.53. The van der Waals surface area contributed by atoms with Gasteiger partial charge in [-0.05, 0) is 88.1 Å². The summed E-state index contributed by atoms with van der Waals surface area (Å²) in [6.45, 7) is 2.02. The highest BCUT2D eigenvalue weighted by molar-refractivity contribution is 5.79. The Bertz CT molecular complexity index is 377. The van der Waals surface area contributed by atoms with Crippen LogP contribution in [0, 0.1) is 29.6 Å². The molecule has 1 saturated heterocycles. The van der Waals surface area contributed by atoms with Crippen LogP contribution in [0.1, 0.15) is 51.4 Å². The van der Waals surface area contributed by atoms with E-state index in [1.807, 2.05) is 0 Å². The summed E-state index contributed by atoms with van der Waals surface area (Å²) >= 11 is 0. The Morgan fingerprint density at radius 2 is 1.60 bits per heavy atom. The number of nitrogens with one attached hydrogen (secondary N) is 2. The van der Waals surface area contributed by atoms with Gasteiger partial charge in [-0.25, -0.2) is 0 Å². The average molecular weight is 276 g/mol. The van der Waals surface area contributed by atoms with Crippen LogP contribution >= 0.6 is 0 Å². The third kappa shape index (κ3) is 2.38. The molecule has 5 atom stereocenters. The molecule has 4 aliphatic rings. The molecule has 3 aliphatic carbocycles. The second-order valence-electron chi connectivity index (χ2n) is 7.81. The van der Waals surface area contributed by atoms with Crippen molar-refractivity contribution in [3.8, 4) is 0 Å². The summed E-state index contributed by atoms with van der Waals surface area (Å²) in [6.07, 6.45) is 10.5. The van der Waals surface area contributed by atoms with Crippen molar-refractivity contribution in [1.82, 2.24) is 10.6 Å². The zero-order valence-electron chi connectivity index (χ0n) is 12.4. The first-order valence-electron chi connectivity index (χ1n) is 8.80. The first-order valence-corrected chi connectivity index (χ1v) is 8.80. The monoisotopic (exact) mass is 276 g/mol. The van der Waals surface area contributed by atoms with Crippen LogP contribution < -0.4 is 10.6 Å². The van der Waals surface area contributed by atoms with Gasteiger partial charge < -0.3 is 10.6 Å². The molecule has 0 spiro atoms. The third-order valence-electron chi connectivity index (χ3n) is 6.64. The van der Waals surface area contributed by atoms with Gasteiger partial charge in [0.1, 0.15) is 0 Å². The number of carbonyl (C=O) groups excluding carboxylic acids is 1. The number of hydrogen-bond donors (Lipinski definition) is 2. The van der Waals surface area contributed by atoms with Gasteiger partial charge in [0.15, 0.2) is 0 Å². The number of hydrogen-bond acceptors (Lipinski definition) is 2. The van der Waals surface area contributed by atoms with Gasteiger partial charge in [0, 0.05) is 12.0 Å². The predicted octanol–water partition coefficient (Wildman–Crippen LogP) is 2.32. The van der Waals surface area contributed by atoms with Crippen molar-refractivity contribution >= 4 is 5.91 Å². The van der Waals surface area contributed by atoms with Gasteiger partial charge in [-0.3, -0.25) is 4.79 Å². The highest BCUT2D eigenvalue weighted by atomic mass is 16.1. The predicted molar refractivity (Wildman–Crippen MR) is 79.2 cm³/mol. The standard InChI is InChI=1S/C17H28N2O/c20-17(12-3-5-18-6-4-12)19-16-2-1-13-7-11-8-14(13)10-15(16)9-11/h11-16,18H,1-10H2,(H,19,20). The molecule has 112 valence electrons. The van der Waals surface area contributed by atoms with Crippen molar-refractivity contribution in [3.63, 3.8) is 0 Å². The summed E-state index contributed by atoms with van der Waals surface area (Å²) in [5.74, 6) is 4.40. The van der Waals surface area contributed by atoms with E-state index in [0.29, 0.717) is 11.9 Å². The normalized spacial score (nSPS) is 44.3. The van der Waals surface area contributed by atoms with Crippen molar-refractivity contribution < 1.29 is 4.79 Å². The maximum atomic E-state index is 12.5.